The number of nitrogens with zero attached hydrogens (tertiary/aromatic N) is 1. The van der Waals surface area contributed by atoms with Crippen LogP contribution in [0.5, 0.6) is 5.75 Å². The third-order valence-electron chi connectivity index (χ3n) is 4.58. The number of carbonyl (C=O) groups is 1. The van der Waals surface area contributed by atoms with Gasteiger partial charge >= 0.3 is 5.97 Å². The Labute approximate surface area is 173 Å². The minimum atomic E-state index is -0.922. The predicted molar refractivity (Wildman–Crippen MR) is 116 cm³/mol. The monoisotopic (exact) mass is 441 g/mol. The van der Waals surface area contributed by atoms with E-state index in [1.165, 1.54) is 0 Å². The molecule has 0 aliphatic carbocycles. The lowest BCUT2D eigenvalue weighted by atomic mass is 10.1. The fraction of sp³-hybridized carbons (Fsp3) is 0.261. The van der Waals surface area contributed by atoms with E-state index in [0.29, 0.717) is 18.1 Å². The summed E-state index contributed by atoms with van der Waals surface area (Å²) in [6.07, 6.45) is 0. The number of halogens is 1. The Balaban J connectivity index is 2.16. The molecule has 0 bridgehead atoms. The molecule has 4 nitrogen and oxygen atoms in total. The second-order valence-corrected chi connectivity index (χ2v) is 8.26. The maximum atomic E-state index is 11.6. The van der Waals surface area contributed by atoms with Gasteiger partial charge in [0.05, 0.1) is 17.9 Å². The molecule has 146 valence electrons. The van der Waals surface area contributed by atoms with Gasteiger partial charge in [-0.25, -0.2) is 4.79 Å². The summed E-state index contributed by atoms with van der Waals surface area (Å²) in [5.74, 6) is 0.302. The summed E-state index contributed by atoms with van der Waals surface area (Å²) in [7, 11) is 0. The van der Waals surface area contributed by atoms with Crippen LogP contribution in [0.2, 0.25) is 0 Å². The van der Waals surface area contributed by atoms with Gasteiger partial charge < -0.3 is 14.4 Å². The summed E-state index contributed by atoms with van der Waals surface area (Å²) in [6.45, 7) is 8.68. The molecule has 28 heavy (non-hydrogen) atoms. The normalized spacial score (nSPS) is 11.1. The van der Waals surface area contributed by atoms with Crippen LogP contribution >= 0.6 is 15.9 Å². The van der Waals surface area contributed by atoms with Gasteiger partial charge in [0.15, 0.2) is 0 Å². The highest BCUT2D eigenvalue weighted by Crippen LogP contribution is 2.36. The highest BCUT2D eigenvalue weighted by Gasteiger charge is 2.17. The fourth-order valence-electron chi connectivity index (χ4n) is 3.16. The van der Waals surface area contributed by atoms with Crippen molar-refractivity contribution in [3.63, 3.8) is 0 Å². The maximum absolute atomic E-state index is 11.6. The number of benzene rings is 2. The first-order chi connectivity index (χ1) is 13.3. The molecule has 0 saturated heterocycles. The van der Waals surface area contributed by atoms with Crippen molar-refractivity contribution in [2.75, 3.05) is 6.61 Å². The van der Waals surface area contributed by atoms with Crippen LogP contribution in [-0.2, 0) is 0 Å². The van der Waals surface area contributed by atoms with Crippen molar-refractivity contribution >= 4 is 21.9 Å². The zero-order valence-corrected chi connectivity index (χ0v) is 18.1. The summed E-state index contributed by atoms with van der Waals surface area (Å²) >= 11 is 3.56. The summed E-state index contributed by atoms with van der Waals surface area (Å²) in [4.78, 5) is 11.6. The quantitative estimate of drug-likeness (QED) is 0.491. The lowest BCUT2D eigenvalue weighted by molar-refractivity contribution is 0.0696. The number of ether oxygens (including phenoxy) is 1. The number of hydrogen-bond donors (Lipinski definition) is 1. The van der Waals surface area contributed by atoms with Crippen LogP contribution in [0, 0.1) is 19.8 Å². The second-order valence-electron chi connectivity index (χ2n) is 7.35. The molecule has 1 aromatic heterocycles. The molecule has 1 N–H and O–H groups in total. The lowest BCUT2D eigenvalue weighted by Gasteiger charge is -2.17. The SMILES string of the molecule is Cc1ccc(-n2c(C)ccc2-c2cc(Br)ccc2OCC(C)C)cc1C(=O)O. The molecule has 2 aromatic carbocycles. The molecule has 0 spiro atoms. The van der Waals surface area contributed by atoms with Crippen LogP contribution in [-0.4, -0.2) is 22.2 Å². The van der Waals surface area contributed by atoms with E-state index in [2.05, 4.69) is 34.3 Å². The molecule has 0 aliphatic heterocycles. The van der Waals surface area contributed by atoms with E-state index in [1.54, 1.807) is 6.07 Å². The highest BCUT2D eigenvalue weighted by molar-refractivity contribution is 9.10. The number of carboxylic acids is 1. The van der Waals surface area contributed by atoms with E-state index in [0.717, 1.165) is 38.4 Å². The predicted octanol–water partition coefficient (Wildman–Crippen LogP) is 6.26. The van der Waals surface area contributed by atoms with Crippen molar-refractivity contribution in [1.82, 2.24) is 4.57 Å². The van der Waals surface area contributed by atoms with Crippen LogP contribution in [0.1, 0.15) is 35.5 Å². The zero-order valence-electron chi connectivity index (χ0n) is 16.5. The van der Waals surface area contributed by atoms with Gasteiger partial charge in [-0.2, -0.15) is 0 Å². The van der Waals surface area contributed by atoms with Gasteiger partial charge in [-0.05, 0) is 67.8 Å². The minimum absolute atomic E-state index is 0.307. The summed E-state index contributed by atoms with van der Waals surface area (Å²) in [5, 5.41) is 9.51. The van der Waals surface area contributed by atoms with Gasteiger partial charge in [-0.3, -0.25) is 0 Å². The Hall–Kier alpha value is -2.53. The summed E-state index contributed by atoms with van der Waals surface area (Å²) in [5.41, 5.74) is 4.80. The van der Waals surface area contributed by atoms with Crippen LogP contribution in [0.3, 0.4) is 0 Å². The van der Waals surface area contributed by atoms with Crippen molar-refractivity contribution in [2.24, 2.45) is 5.92 Å². The summed E-state index contributed by atoms with van der Waals surface area (Å²) < 4.78 is 9.08. The van der Waals surface area contributed by atoms with Crippen LogP contribution in [0.4, 0.5) is 0 Å². The van der Waals surface area contributed by atoms with Crippen LogP contribution in [0.15, 0.2) is 53.0 Å². The number of rotatable bonds is 6. The Morgan fingerprint density at radius 2 is 1.86 bits per heavy atom. The Morgan fingerprint density at radius 3 is 2.54 bits per heavy atom. The van der Waals surface area contributed by atoms with Gasteiger partial charge in [0.25, 0.3) is 0 Å². The topological polar surface area (TPSA) is 51.5 Å². The number of aromatic nitrogens is 1. The summed E-state index contributed by atoms with van der Waals surface area (Å²) in [6, 6.07) is 15.6. The van der Waals surface area contributed by atoms with E-state index in [4.69, 9.17) is 4.74 Å². The van der Waals surface area contributed by atoms with E-state index in [9.17, 15) is 9.90 Å². The number of carboxylic acid groups (broad SMARTS) is 1. The average Bonchev–Trinajstić information content (AvgIpc) is 3.02. The molecule has 0 atom stereocenters. The van der Waals surface area contributed by atoms with Gasteiger partial charge in [0.2, 0.25) is 0 Å². The van der Waals surface area contributed by atoms with Gasteiger partial charge in [-0.1, -0.05) is 35.8 Å². The first-order valence-corrected chi connectivity index (χ1v) is 10.0. The number of aryl methyl sites for hydroxylation is 2. The second kappa shape index (κ2) is 8.23. The smallest absolute Gasteiger partial charge is 0.336 e. The average molecular weight is 442 g/mol. The van der Waals surface area contributed by atoms with Crippen molar-refractivity contribution in [2.45, 2.75) is 27.7 Å². The third kappa shape index (κ3) is 4.14. The largest absolute Gasteiger partial charge is 0.493 e. The van der Waals surface area contributed by atoms with Crippen molar-refractivity contribution in [3.05, 3.63) is 69.8 Å². The molecule has 3 rings (SSSR count). The highest BCUT2D eigenvalue weighted by atomic mass is 79.9. The molecule has 1 heterocycles. The molecule has 0 radical (unpaired) electrons. The third-order valence-corrected chi connectivity index (χ3v) is 5.07. The maximum Gasteiger partial charge on any atom is 0.336 e. The van der Waals surface area contributed by atoms with Crippen molar-refractivity contribution in [1.29, 1.82) is 0 Å². The molecular formula is C23H24BrNO3. The van der Waals surface area contributed by atoms with Crippen LogP contribution in [0.25, 0.3) is 16.9 Å². The standard InChI is InChI=1S/C23H24BrNO3/c1-14(2)13-28-22-10-7-17(24)11-20(22)21-9-6-16(4)25(21)18-8-5-15(3)19(12-18)23(26)27/h5-12,14H,13H2,1-4H3,(H,26,27). The van der Waals surface area contributed by atoms with E-state index < -0.39 is 5.97 Å². The Bertz CT molecular complexity index is 1020. The molecule has 0 aliphatic rings. The number of hydrogen-bond acceptors (Lipinski definition) is 2. The molecule has 0 unspecified atom stereocenters. The van der Waals surface area contributed by atoms with E-state index in [-0.39, 0.29) is 0 Å². The zero-order chi connectivity index (χ0) is 20.4. The van der Waals surface area contributed by atoms with Gasteiger partial charge in [0, 0.05) is 21.4 Å². The molecule has 3 aromatic rings. The number of aromatic carboxylic acids is 1. The van der Waals surface area contributed by atoms with Crippen molar-refractivity contribution < 1.29 is 14.6 Å². The first-order valence-electron chi connectivity index (χ1n) is 9.23. The molecule has 0 fully saturated rings. The van der Waals surface area contributed by atoms with E-state index in [1.807, 2.05) is 56.3 Å². The Morgan fingerprint density at radius 1 is 1.11 bits per heavy atom. The van der Waals surface area contributed by atoms with Gasteiger partial charge in [-0.15, -0.1) is 0 Å². The molecule has 5 heteroatoms. The first kappa shape index (κ1) is 20.2. The molecule has 0 amide bonds. The molecule has 0 saturated carbocycles. The Kier molecular flexibility index (Phi) is 5.94. The minimum Gasteiger partial charge on any atom is -0.493 e. The van der Waals surface area contributed by atoms with Crippen molar-refractivity contribution in [3.8, 4) is 22.7 Å². The van der Waals surface area contributed by atoms with E-state index >= 15 is 0 Å². The van der Waals surface area contributed by atoms with Gasteiger partial charge in [0.1, 0.15) is 5.75 Å². The molecular weight excluding hydrogens is 418 g/mol. The van der Waals surface area contributed by atoms with Crippen LogP contribution < -0.4 is 4.74 Å². The lowest BCUT2D eigenvalue weighted by Crippen LogP contribution is -2.07. The fourth-order valence-corrected chi connectivity index (χ4v) is 3.52.